The zero-order valence-corrected chi connectivity index (χ0v) is 15.9. The number of benzene rings is 2. The minimum atomic E-state index is -0.244. The highest BCUT2D eigenvalue weighted by Gasteiger charge is 2.16. The summed E-state index contributed by atoms with van der Waals surface area (Å²) in [5, 5.41) is 2.91. The van der Waals surface area contributed by atoms with E-state index >= 15 is 0 Å². The number of nitrogens with one attached hydrogen (secondary N) is 1. The molecule has 0 aliphatic carbocycles. The maximum atomic E-state index is 12.7. The first-order valence-corrected chi connectivity index (χ1v) is 8.69. The lowest BCUT2D eigenvalue weighted by atomic mass is 10.1. The van der Waals surface area contributed by atoms with Crippen LogP contribution in [0.1, 0.15) is 38.1 Å². The Hall–Kier alpha value is -2.01. The molecular weight excluding hydrogens is 370 g/mol. The lowest BCUT2D eigenvalue weighted by molar-refractivity contribution is 0.102. The number of ether oxygens (including phenoxy) is 2. The van der Waals surface area contributed by atoms with E-state index in [1.807, 2.05) is 58.0 Å². The number of carbonyl (C=O) groups excluding carboxylic acids is 1. The summed E-state index contributed by atoms with van der Waals surface area (Å²) in [6.45, 7) is 7.74. The van der Waals surface area contributed by atoms with Crippen molar-refractivity contribution in [3.8, 4) is 11.5 Å². The summed E-state index contributed by atoms with van der Waals surface area (Å²) in [5.41, 5.74) is 1.10. The second-order valence-electron chi connectivity index (χ2n) is 5.92. The fourth-order valence-corrected chi connectivity index (χ4v) is 2.51. The molecule has 0 heterocycles. The third-order valence-corrected chi connectivity index (χ3v) is 3.54. The SMILES string of the molecule is CC(C)Oc1ccccc1NC(=O)c1cc(Br)ccc1OC(C)C. The predicted molar refractivity (Wildman–Crippen MR) is 100 cm³/mol. The molecule has 2 aromatic carbocycles. The Morgan fingerprint density at radius 3 is 2.25 bits per heavy atom. The molecule has 2 rings (SSSR count). The average Bonchev–Trinajstić information content (AvgIpc) is 2.50. The Morgan fingerprint density at radius 2 is 1.58 bits per heavy atom. The first-order valence-electron chi connectivity index (χ1n) is 7.90. The molecule has 1 N–H and O–H groups in total. The first-order chi connectivity index (χ1) is 11.4. The molecule has 0 saturated heterocycles. The van der Waals surface area contributed by atoms with Gasteiger partial charge in [-0.1, -0.05) is 28.1 Å². The third kappa shape index (κ3) is 4.99. The lowest BCUT2D eigenvalue weighted by Gasteiger charge is -2.17. The molecule has 0 saturated carbocycles. The Kier molecular flexibility index (Phi) is 6.26. The van der Waals surface area contributed by atoms with Gasteiger partial charge in [0.05, 0.1) is 23.5 Å². The molecule has 0 radical (unpaired) electrons. The maximum Gasteiger partial charge on any atom is 0.259 e. The van der Waals surface area contributed by atoms with Crippen LogP contribution in [0.4, 0.5) is 5.69 Å². The van der Waals surface area contributed by atoms with Gasteiger partial charge in [-0.3, -0.25) is 4.79 Å². The number of hydrogen-bond acceptors (Lipinski definition) is 3. The van der Waals surface area contributed by atoms with E-state index in [-0.39, 0.29) is 18.1 Å². The molecule has 2 aromatic rings. The number of hydrogen-bond donors (Lipinski definition) is 1. The fourth-order valence-electron chi connectivity index (χ4n) is 2.15. The van der Waals surface area contributed by atoms with E-state index in [0.717, 1.165) is 4.47 Å². The molecule has 5 heteroatoms. The zero-order chi connectivity index (χ0) is 17.7. The number of para-hydroxylation sites is 2. The van der Waals surface area contributed by atoms with Gasteiger partial charge in [0.2, 0.25) is 0 Å². The van der Waals surface area contributed by atoms with Gasteiger partial charge in [-0.05, 0) is 58.0 Å². The van der Waals surface area contributed by atoms with Crippen molar-refractivity contribution in [3.63, 3.8) is 0 Å². The van der Waals surface area contributed by atoms with Crippen LogP contribution in [-0.2, 0) is 0 Å². The Morgan fingerprint density at radius 1 is 0.958 bits per heavy atom. The van der Waals surface area contributed by atoms with Crippen LogP contribution in [0.2, 0.25) is 0 Å². The van der Waals surface area contributed by atoms with E-state index in [1.54, 1.807) is 12.1 Å². The first kappa shape index (κ1) is 18.3. The molecule has 128 valence electrons. The summed E-state index contributed by atoms with van der Waals surface area (Å²) in [6, 6.07) is 12.8. The van der Waals surface area contributed by atoms with E-state index in [9.17, 15) is 4.79 Å². The molecule has 0 aliphatic heterocycles. The highest BCUT2D eigenvalue weighted by atomic mass is 79.9. The van der Waals surface area contributed by atoms with Gasteiger partial charge in [0.25, 0.3) is 5.91 Å². The smallest absolute Gasteiger partial charge is 0.259 e. The second-order valence-corrected chi connectivity index (χ2v) is 6.84. The van der Waals surface area contributed by atoms with Gasteiger partial charge in [0.15, 0.2) is 0 Å². The largest absolute Gasteiger partial charge is 0.490 e. The number of carbonyl (C=O) groups is 1. The van der Waals surface area contributed by atoms with Gasteiger partial charge in [0, 0.05) is 4.47 Å². The van der Waals surface area contributed by atoms with E-state index in [1.165, 1.54) is 0 Å². The summed E-state index contributed by atoms with van der Waals surface area (Å²) in [4.78, 5) is 12.7. The van der Waals surface area contributed by atoms with Crippen LogP contribution in [0.3, 0.4) is 0 Å². The van der Waals surface area contributed by atoms with Gasteiger partial charge in [-0.2, -0.15) is 0 Å². The summed E-state index contributed by atoms with van der Waals surface area (Å²) < 4.78 is 12.3. The summed E-state index contributed by atoms with van der Waals surface area (Å²) in [6.07, 6.45) is 0.00282. The van der Waals surface area contributed by atoms with Crippen molar-refractivity contribution in [2.75, 3.05) is 5.32 Å². The Labute approximate surface area is 151 Å². The maximum absolute atomic E-state index is 12.7. The highest BCUT2D eigenvalue weighted by molar-refractivity contribution is 9.10. The molecule has 0 fully saturated rings. The van der Waals surface area contributed by atoms with Gasteiger partial charge >= 0.3 is 0 Å². The molecule has 4 nitrogen and oxygen atoms in total. The van der Waals surface area contributed by atoms with Crippen LogP contribution in [0.25, 0.3) is 0 Å². The number of rotatable bonds is 6. The van der Waals surface area contributed by atoms with Gasteiger partial charge in [-0.25, -0.2) is 0 Å². The average molecular weight is 392 g/mol. The van der Waals surface area contributed by atoms with Crippen LogP contribution < -0.4 is 14.8 Å². The van der Waals surface area contributed by atoms with Crippen LogP contribution in [0.15, 0.2) is 46.9 Å². The summed E-state index contributed by atoms with van der Waals surface area (Å²) in [5.74, 6) is 0.946. The lowest BCUT2D eigenvalue weighted by Crippen LogP contribution is -2.17. The molecule has 0 spiro atoms. The normalized spacial score (nSPS) is 10.8. The molecule has 0 unspecified atom stereocenters. The Bertz CT molecular complexity index is 714. The van der Waals surface area contributed by atoms with Gasteiger partial charge < -0.3 is 14.8 Å². The van der Waals surface area contributed by atoms with Crippen molar-refractivity contribution in [1.82, 2.24) is 0 Å². The van der Waals surface area contributed by atoms with Crippen molar-refractivity contribution in [2.24, 2.45) is 0 Å². The van der Waals surface area contributed by atoms with Gasteiger partial charge in [0.1, 0.15) is 11.5 Å². The van der Waals surface area contributed by atoms with Crippen LogP contribution in [0, 0.1) is 0 Å². The Balaban J connectivity index is 2.29. The van der Waals surface area contributed by atoms with E-state index in [4.69, 9.17) is 9.47 Å². The summed E-state index contributed by atoms with van der Waals surface area (Å²) >= 11 is 3.40. The molecule has 0 aliphatic rings. The zero-order valence-electron chi connectivity index (χ0n) is 14.3. The molecule has 0 bridgehead atoms. The molecule has 0 aromatic heterocycles. The van der Waals surface area contributed by atoms with Crippen molar-refractivity contribution in [3.05, 3.63) is 52.5 Å². The number of halogens is 1. The quantitative estimate of drug-likeness (QED) is 0.728. The van der Waals surface area contributed by atoms with Crippen molar-refractivity contribution >= 4 is 27.5 Å². The number of anilines is 1. The highest BCUT2D eigenvalue weighted by Crippen LogP contribution is 2.28. The van der Waals surface area contributed by atoms with E-state index in [0.29, 0.717) is 22.7 Å². The minimum absolute atomic E-state index is 0.0192. The molecule has 1 amide bonds. The summed E-state index contributed by atoms with van der Waals surface area (Å²) in [7, 11) is 0. The monoisotopic (exact) mass is 391 g/mol. The van der Waals surface area contributed by atoms with Crippen molar-refractivity contribution in [1.29, 1.82) is 0 Å². The second kappa shape index (κ2) is 8.20. The van der Waals surface area contributed by atoms with Gasteiger partial charge in [-0.15, -0.1) is 0 Å². The molecular formula is C19H22BrNO3. The van der Waals surface area contributed by atoms with Crippen molar-refractivity contribution < 1.29 is 14.3 Å². The van der Waals surface area contributed by atoms with Crippen LogP contribution in [-0.4, -0.2) is 18.1 Å². The third-order valence-electron chi connectivity index (χ3n) is 3.05. The minimum Gasteiger partial charge on any atom is -0.490 e. The van der Waals surface area contributed by atoms with Crippen molar-refractivity contribution in [2.45, 2.75) is 39.9 Å². The van der Waals surface area contributed by atoms with Crippen LogP contribution >= 0.6 is 15.9 Å². The predicted octanol–water partition coefficient (Wildman–Crippen LogP) is 5.28. The molecule has 0 atom stereocenters. The van der Waals surface area contributed by atoms with Crippen LogP contribution in [0.5, 0.6) is 11.5 Å². The standard InChI is InChI=1S/C19H22BrNO3/c1-12(2)23-17-10-9-14(20)11-15(17)19(22)21-16-7-5-6-8-18(16)24-13(3)4/h5-13H,1-4H3,(H,21,22). The topological polar surface area (TPSA) is 47.6 Å². The fraction of sp³-hybridized carbons (Fsp3) is 0.316. The van der Waals surface area contributed by atoms with E-state index in [2.05, 4.69) is 21.2 Å². The molecule has 24 heavy (non-hydrogen) atoms. The number of amides is 1. The van der Waals surface area contributed by atoms with E-state index < -0.39 is 0 Å².